The van der Waals surface area contributed by atoms with Crippen LogP contribution in [-0.4, -0.2) is 16.0 Å². The molecule has 1 fully saturated rings. The van der Waals surface area contributed by atoms with Gasteiger partial charge in [-0.05, 0) is 51.0 Å². The summed E-state index contributed by atoms with van der Waals surface area (Å²) in [6, 6.07) is 8.73. The molecule has 0 spiro atoms. The average Bonchev–Trinajstić information content (AvgIpc) is 3.08. The van der Waals surface area contributed by atoms with Crippen LogP contribution in [0, 0.1) is 0 Å². The number of fused-ring (bicyclic) bond motifs is 1. The zero-order chi connectivity index (χ0) is 11.9. The van der Waals surface area contributed by atoms with Gasteiger partial charge in [0, 0.05) is 17.6 Å². The van der Waals surface area contributed by atoms with E-state index in [1.807, 2.05) is 6.07 Å². The molecule has 0 aromatic carbocycles. The highest BCUT2D eigenvalue weighted by atomic mass is 15.1. The first-order valence-electron chi connectivity index (χ1n) is 6.20. The molecule has 3 heteroatoms. The third-order valence-corrected chi connectivity index (χ3v) is 3.27. The molecule has 0 aliphatic heterocycles. The van der Waals surface area contributed by atoms with Crippen LogP contribution in [0.25, 0.3) is 11.0 Å². The minimum Gasteiger partial charge on any atom is -0.304 e. The number of pyridine rings is 2. The van der Waals surface area contributed by atoms with E-state index in [1.165, 1.54) is 12.8 Å². The lowest BCUT2D eigenvalue weighted by atomic mass is 10.1. The molecule has 0 unspecified atom stereocenters. The zero-order valence-electron chi connectivity index (χ0n) is 10.3. The van der Waals surface area contributed by atoms with Gasteiger partial charge in [-0.3, -0.25) is 0 Å². The second-order valence-electron chi connectivity index (χ2n) is 5.13. The first kappa shape index (κ1) is 10.7. The fraction of sp³-hybridized carbons (Fsp3) is 0.429. The lowest BCUT2D eigenvalue weighted by Crippen LogP contribution is -2.35. The van der Waals surface area contributed by atoms with Crippen molar-refractivity contribution in [1.82, 2.24) is 15.3 Å². The summed E-state index contributed by atoms with van der Waals surface area (Å²) in [6.45, 7) is 4.36. The van der Waals surface area contributed by atoms with Crippen LogP contribution in [0.1, 0.15) is 32.4 Å². The molecular weight excluding hydrogens is 210 g/mol. The van der Waals surface area contributed by atoms with E-state index < -0.39 is 0 Å². The molecule has 3 rings (SSSR count). The Kier molecular flexibility index (Phi) is 2.37. The van der Waals surface area contributed by atoms with Crippen LogP contribution in [0.2, 0.25) is 0 Å². The van der Waals surface area contributed by atoms with Crippen molar-refractivity contribution < 1.29 is 0 Å². The monoisotopic (exact) mass is 227 g/mol. The first-order chi connectivity index (χ1) is 8.20. The van der Waals surface area contributed by atoms with Crippen molar-refractivity contribution in [2.45, 2.75) is 38.3 Å². The standard InChI is InChI=1S/C14H17N3/c1-10(2)17-14(7-8-14)12-6-5-11-4-3-9-15-13(11)16-12/h3-6,9-10,17H,7-8H2,1-2H3. The zero-order valence-corrected chi connectivity index (χ0v) is 10.3. The van der Waals surface area contributed by atoms with Crippen LogP contribution < -0.4 is 5.32 Å². The Bertz CT molecular complexity index is 544. The van der Waals surface area contributed by atoms with E-state index in [9.17, 15) is 0 Å². The lowest BCUT2D eigenvalue weighted by Gasteiger charge is -2.19. The molecule has 0 radical (unpaired) electrons. The normalized spacial score (nSPS) is 17.6. The van der Waals surface area contributed by atoms with E-state index in [2.05, 4.69) is 47.3 Å². The molecule has 3 nitrogen and oxygen atoms in total. The Morgan fingerprint density at radius 3 is 2.76 bits per heavy atom. The number of hydrogen-bond donors (Lipinski definition) is 1. The van der Waals surface area contributed by atoms with Crippen molar-refractivity contribution in [2.24, 2.45) is 0 Å². The lowest BCUT2D eigenvalue weighted by molar-refractivity contribution is 0.453. The van der Waals surface area contributed by atoms with Gasteiger partial charge in [0.25, 0.3) is 0 Å². The summed E-state index contributed by atoms with van der Waals surface area (Å²) in [5.74, 6) is 0. The first-order valence-corrected chi connectivity index (χ1v) is 6.20. The maximum Gasteiger partial charge on any atom is 0.159 e. The van der Waals surface area contributed by atoms with Crippen LogP contribution in [0.15, 0.2) is 30.5 Å². The summed E-state index contributed by atoms with van der Waals surface area (Å²) in [6.07, 6.45) is 4.15. The van der Waals surface area contributed by atoms with Crippen LogP contribution >= 0.6 is 0 Å². The van der Waals surface area contributed by atoms with Crippen molar-refractivity contribution in [3.05, 3.63) is 36.2 Å². The predicted octanol–water partition coefficient (Wildman–Crippen LogP) is 2.62. The average molecular weight is 227 g/mol. The van der Waals surface area contributed by atoms with Gasteiger partial charge in [0.1, 0.15) is 0 Å². The number of nitrogens with zero attached hydrogens (tertiary/aromatic N) is 2. The Morgan fingerprint density at radius 2 is 2.06 bits per heavy atom. The molecule has 0 saturated heterocycles. The van der Waals surface area contributed by atoms with E-state index in [0.717, 1.165) is 16.7 Å². The number of aromatic nitrogens is 2. The van der Waals surface area contributed by atoms with Crippen molar-refractivity contribution in [3.8, 4) is 0 Å². The molecule has 0 amide bonds. The van der Waals surface area contributed by atoms with Crippen LogP contribution in [-0.2, 0) is 5.54 Å². The van der Waals surface area contributed by atoms with Gasteiger partial charge in [0.2, 0.25) is 0 Å². The van der Waals surface area contributed by atoms with Gasteiger partial charge in [-0.1, -0.05) is 0 Å². The second kappa shape index (κ2) is 3.77. The van der Waals surface area contributed by atoms with E-state index in [1.54, 1.807) is 6.20 Å². The maximum absolute atomic E-state index is 4.69. The smallest absolute Gasteiger partial charge is 0.159 e. The fourth-order valence-electron chi connectivity index (χ4n) is 2.37. The molecule has 0 atom stereocenters. The third-order valence-electron chi connectivity index (χ3n) is 3.27. The van der Waals surface area contributed by atoms with Gasteiger partial charge in [-0.2, -0.15) is 0 Å². The second-order valence-corrected chi connectivity index (χ2v) is 5.13. The molecule has 1 aliphatic rings. The molecule has 2 aromatic rings. The van der Waals surface area contributed by atoms with Crippen LogP contribution in [0.3, 0.4) is 0 Å². The molecule has 1 N–H and O–H groups in total. The molecule has 1 aliphatic carbocycles. The molecule has 0 bridgehead atoms. The Morgan fingerprint density at radius 1 is 1.24 bits per heavy atom. The van der Waals surface area contributed by atoms with E-state index in [0.29, 0.717) is 6.04 Å². The van der Waals surface area contributed by atoms with Crippen molar-refractivity contribution >= 4 is 11.0 Å². The van der Waals surface area contributed by atoms with Gasteiger partial charge in [-0.15, -0.1) is 0 Å². The molecule has 2 aromatic heterocycles. The van der Waals surface area contributed by atoms with Gasteiger partial charge in [0.15, 0.2) is 5.65 Å². The minimum atomic E-state index is 0.111. The Balaban J connectivity index is 2.01. The molecule has 1 saturated carbocycles. The number of nitrogens with one attached hydrogen (secondary N) is 1. The fourth-order valence-corrected chi connectivity index (χ4v) is 2.37. The van der Waals surface area contributed by atoms with E-state index in [4.69, 9.17) is 0 Å². The van der Waals surface area contributed by atoms with Crippen LogP contribution in [0.5, 0.6) is 0 Å². The quantitative estimate of drug-likeness (QED) is 0.876. The van der Waals surface area contributed by atoms with E-state index >= 15 is 0 Å². The molecular formula is C14H17N3. The summed E-state index contributed by atoms with van der Waals surface area (Å²) in [4.78, 5) is 9.01. The van der Waals surface area contributed by atoms with Crippen molar-refractivity contribution in [3.63, 3.8) is 0 Å². The van der Waals surface area contributed by atoms with E-state index in [-0.39, 0.29) is 5.54 Å². The predicted molar refractivity (Wildman–Crippen MR) is 68.7 cm³/mol. The summed E-state index contributed by atoms with van der Waals surface area (Å²) < 4.78 is 0. The number of hydrogen-bond acceptors (Lipinski definition) is 3. The summed E-state index contributed by atoms with van der Waals surface area (Å²) in [5, 5.41) is 4.73. The molecule has 2 heterocycles. The Hall–Kier alpha value is -1.48. The van der Waals surface area contributed by atoms with Gasteiger partial charge in [-0.25, -0.2) is 9.97 Å². The highest BCUT2D eigenvalue weighted by molar-refractivity contribution is 5.74. The summed E-state index contributed by atoms with van der Waals surface area (Å²) in [5.41, 5.74) is 2.10. The van der Waals surface area contributed by atoms with Gasteiger partial charge in [0.05, 0.1) is 11.2 Å². The van der Waals surface area contributed by atoms with Gasteiger partial charge < -0.3 is 5.32 Å². The minimum absolute atomic E-state index is 0.111. The molecule has 88 valence electrons. The highest BCUT2D eigenvalue weighted by Crippen LogP contribution is 2.45. The molecule has 17 heavy (non-hydrogen) atoms. The van der Waals surface area contributed by atoms with Crippen LogP contribution in [0.4, 0.5) is 0 Å². The van der Waals surface area contributed by atoms with Gasteiger partial charge >= 0.3 is 0 Å². The Labute approximate surface area is 101 Å². The largest absolute Gasteiger partial charge is 0.304 e. The van der Waals surface area contributed by atoms with Crippen molar-refractivity contribution in [1.29, 1.82) is 0 Å². The van der Waals surface area contributed by atoms with Crippen molar-refractivity contribution in [2.75, 3.05) is 0 Å². The third kappa shape index (κ3) is 1.91. The topological polar surface area (TPSA) is 37.8 Å². The summed E-state index contributed by atoms with van der Waals surface area (Å²) in [7, 11) is 0. The SMILES string of the molecule is CC(C)NC1(c2ccc3cccnc3n2)CC1. The maximum atomic E-state index is 4.69. The summed E-state index contributed by atoms with van der Waals surface area (Å²) >= 11 is 0. The highest BCUT2D eigenvalue weighted by Gasteiger charge is 2.45. The number of rotatable bonds is 3.